The number of benzene rings is 1. The fraction of sp³-hybridized carbons (Fsp3) is 0.364. The Labute approximate surface area is 97.6 Å². The van der Waals surface area contributed by atoms with E-state index in [0.717, 1.165) is 5.56 Å². The van der Waals surface area contributed by atoms with E-state index >= 15 is 0 Å². The number of nitrogens with one attached hydrogen (secondary N) is 1. The van der Waals surface area contributed by atoms with E-state index in [9.17, 15) is 9.90 Å². The highest BCUT2D eigenvalue weighted by Gasteiger charge is 2.10. The van der Waals surface area contributed by atoms with Crippen molar-refractivity contribution in [2.45, 2.75) is 18.7 Å². The Bertz CT molecular complexity index is 364. The number of phenolic OH excluding ortho intramolecular Hbond substituents is 1. The minimum Gasteiger partial charge on any atom is -0.507 e. The number of amides is 1. The summed E-state index contributed by atoms with van der Waals surface area (Å²) in [7, 11) is 0. The van der Waals surface area contributed by atoms with Gasteiger partial charge in [-0.3, -0.25) is 4.79 Å². The highest BCUT2D eigenvalue weighted by Crippen LogP contribution is 2.18. The lowest BCUT2D eigenvalue weighted by Gasteiger charge is -2.08. The fourth-order valence-electron chi connectivity index (χ4n) is 1.16. The molecule has 1 aromatic carbocycles. The van der Waals surface area contributed by atoms with E-state index in [4.69, 9.17) is 0 Å². The predicted molar refractivity (Wildman–Crippen MR) is 63.6 cm³/mol. The van der Waals surface area contributed by atoms with Gasteiger partial charge in [0.1, 0.15) is 5.75 Å². The van der Waals surface area contributed by atoms with E-state index in [1.165, 1.54) is 0 Å². The fourth-order valence-corrected chi connectivity index (χ4v) is 1.32. The van der Waals surface area contributed by atoms with Crippen LogP contribution in [0.1, 0.15) is 22.8 Å². The molecule has 1 atom stereocenters. The lowest BCUT2D eigenvalue weighted by molar-refractivity contribution is 0.0951. The smallest absolute Gasteiger partial charge is 0.255 e. The molecule has 82 valence electrons. The van der Waals surface area contributed by atoms with Gasteiger partial charge in [0, 0.05) is 11.4 Å². The summed E-state index contributed by atoms with van der Waals surface area (Å²) in [5.74, 6) is -0.228. The first kappa shape index (κ1) is 12.0. The van der Waals surface area contributed by atoms with Crippen molar-refractivity contribution in [1.82, 2.24) is 5.32 Å². The highest BCUT2D eigenvalue weighted by molar-refractivity contribution is 9.09. The molecule has 0 bridgehead atoms. The van der Waals surface area contributed by atoms with Crippen LogP contribution in [-0.4, -0.2) is 22.4 Å². The van der Waals surface area contributed by atoms with E-state index < -0.39 is 0 Å². The van der Waals surface area contributed by atoms with Gasteiger partial charge in [-0.05, 0) is 24.6 Å². The van der Waals surface area contributed by atoms with Crippen LogP contribution in [0.15, 0.2) is 18.2 Å². The second-order valence-corrected chi connectivity index (χ2v) is 5.07. The van der Waals surface area contributed by atoms with Gasteiger partial charge in [-0.15, -0.1) is 0 Å². The van der Waals surface area contributed by atoms with Gasteiger partial charge in [-0.2, -0.15) is 0 Å². The average molecular weight is 272 g/mol. The van der Waals surface area contributed by atoms with Crippen LogP contribution in [0, 0.1) is 6.92 Å². The predicted octanol–water partition coefficient (Wildman–Crippen LogP) is 2.21. The SMILES string of the molecule is Cc1ccc(C(=O)NCC(C)Br)c(O)c1. The van der Waals surface area contributed by atoms with Crippen LogP contribution in [0.25, 0.3) is 0 Å². The van der Waals surface area contributed by atoms with Gasteiger partial charge in [-0.25, -0.2) is 0 Å². The van der Waals surface area contributed by atoms with Gasteiger partial charge in [0.2, 0.25) is 0 Å². The molecule has 0 fully saturated rings. The van der Waals surface area contributed by atoms with E-state index in [1.807, 2.05) is 13.8 Å². The molecular weight excluding hydrogens is 258 g/mol. The number of alkyl halides is 1. The average Bonchev–Trinajstić information content (AvgIpc) is 2.14. The van der Waals surface area contributed by atoms with Gasteiger partial charge in [0.25, 0.3) is 5.91 Å². The second-order valence-electron chi connectivity index (χ2n) is 3.51. The monoisotopic (exact) mass is 271 g/mol. The molecule has 1 aromatic rings. The first-order valence-corrected chi connectivity index (χ1v) is 5.64. The Balaban J connectivity index is 2.74. The number of hydrogen-bond acceptors (Lipinski definition) is 2. The summed E-state index contributed by atoms with van der Waals surface area (Å²) in [6.07, 6.45) is 0. The Kier molecular flexibility index (Phi) is 4.15. The maximum Gasteiger partial charge on any atom is 0.255 e. The molecule has 0 radical (unpaired) electrons. The van der Waals surface area contributed by atoms with Gasteiger partial charge in [0.15, 0.2) is 0 Å². The topological polar surface area (TPSA) is 49.3 Å². The molecule has 0 heterocycles. The summed E-state index contributed by atoms with van der Waals surface area (Å²) in [6.45, 7) is 4.34. The van der Waals surface area contributed by atoms with Gasteiger partial charge in [0.05, 0.1) is 5.56 Å². The molecule has 1 rings (SSSR count). The summed E-state index contributed by atoms with van der Waals surface area (Å²) < 4.78 is 0. The number of rotatable bonds is 3. The zero-order valence-corrected chi connectivity index (χ0v) is 10.3. The number of phenols is 1. The number of carbonyl (C=O) groups is 1. The first-order chi connectivity index (χ1) is 7.00. The molecule has 0 spiro atoms. The third-order valence-electron chi connectivity index (χ3n) is 1.94. The molecule has 0 saturated heterocycles. The Morgan fingerprint density at radius 1 is 1.60 bits per heavy atom. The lowest BCUT2D eigenvalue weighted by atomic mass is 10.1. The van der Waals surface area contributed by atoms with E-state index in [1.54, 1.807) is 18.2 Å². The molecule has 0 aliphatic rings. The largest absolute Gasteiger partial charge is 0.507 e. The van der Waals surface area contributed by atoms with Crippen LogP contribution in [0.4, 0.5) is 0 Å². The molecular formula is C11H14BrNO2. The number of halogens is 1. The van der Waals surface area contributed by atoms with Crippen LogP contribution in [-0.2, 0) is 0 Å². The number of aromatic hydroxyl groups is 1. The van der Waals surface area contributed by atoms with Gasteiger partial charge in [-0.1, -0.05) is 28.9 Å². The van der Waals surface area contributed by atoms with Crippen molar-refractivity contribution in [2.75, 3.05) is 6.54 Å². The summed E-state index contributed by atoms with van der Waals surface area (Å²) in [5, 5.41) is 12.3. The van der Waals surface area contributed by atoms with Crippen molar-refractivity contribution in [2.24, 2.45) is 0 Å². The standard InChI is InChI=1S/C11H14BrNO2/c1-7-3-4-9(10(14)5-7)11(15)13-6-8(2)12/h3-5,8,14H,6H2,1-2H3,(H,13,15). The molecule has 0 aromatic heterocycles. The van der Waals surface area contributed by atoms with Crippen LogP contribution in [0.3, 0.4) is 0 Å². The molecule has 1 amide bonds. The minimum absolute atomic E-state index is 0.0229. The summed E-state index contributed by atoms with van der Waals surface area (Å²) in [5.41, 5.74) is 1.24. The van der Waals surface area contributed by atoms with Crippen molar-refractivity contribution in [3.8, 4) is 5.75 Å². The third kappa shape index (κ3) is 3.55. The molecule has 0 aliphatic carbocycles. The van der Waals surface area contributed by atoms with E-state index in [2.05, 4.69) is 21.2 Å². The maximum atomic E-state index is 11.6. The number of hydrogen-bond donors (Lipinski definition) is 2. The molecule has 15 heavy (non-hydrogen) atoms. The minimum atomic E-state index is -0.251. The van der Waals surface area contributed by atoms with Crippen molar-refractivity contribution < 1.29 is 9.90 Å². The van der Waals surface area contributed by atoms with E-state index in [-0.39, 0.29) is 16.5 Å². The summed E-state index contributed by atoms with van der Waals surface area (Å²) in [6, 6.07) is 5.00. The van der Waals surface area contributed by atoms with Crippen LogP contribution in [0.2, 0.25) is 0 Å². The van der Waals surface area contributed by atoms with E-state index in [0.29, 0.717) is 12.1 Å². The lowest BCUT2D eigenvalue weighted by Crippen LogP contribution is -2.28. The third-order valence-corrected chi connectivity index (χ3v) is 2.27. The number of aryl methyl sites for hydroxylation is 1. The first-order valence-electron chi connectivity index (χ1n) is 4.72. The maximum absolute atomic E-state index is 11.6. The molecule has 3 nitrogen and oxygen atoms in total. The molecule has 4 heteroatoms. The zero-order valence-electron chi connectivity index (χ0n) is 8.75. The van der Waals surface area contributed by atoms with Gasteiger partial charge < -0.3 is 10.4 Å². The van der Waals surface area contributed by atoms with Gasteiger partial charge >= 0.3 is 0 Å². The van der Waals surface area contributed by atoms with Crippen molar-refractivity contribution >= 4 is 21.8 Å². The highest BCUT2D eigenvalue weighted by atomic mass is 79.9. The van der Waals surface area contributed by atoms with Crippen LogP contribution < -0.4 is 5.32 Å². The summed E-state index contributed by atoms with van der Waals surface area (Å²) in [4.78, 5) is 11.8. The normalized spacial score (nSPS) is 12.2. The van der Waals surface area contributed by atoms with Crippen molar-refractivity contribution in [1.29, 1.82) is 0 Å². The molecule has 2 N–H and O–H groups in total. The molecule has 1 unspecified atom stereocenters. The van der Waals surface area contributed by atoms with Crippen LogP contribution >= 0.6 is 15.9 Å². The summed E-state index contributed by atoms with van der Waals surface area (Å²) >= 11 is 3.33. The quantitative estimate of drug-likeness (QED) is 0.829. The van der Waals surface area contributed by atoms with Crippen molar-refractivity contribution in [3.05, 3.63) is 29.3 Å². The Morgan fingerprint density at radius 2 is 2.27 bits per heavy atom. The molecule has 0 saturated carbocycles. The van der Waals surface area contributed by atoms with Crippen molar-refractivity contribution in [3.63, 3.8) is 0 Å². The Hall–Kier alpha value is -1.03. The zero-order chi connectivity index (χ0) is 11.4. The molecule has 0 aliphatic heterocycles. The van der Waals surface area contributed by atoms with Crippen LogP contribution in [0.5, 0.6) is 5.75 Å². The second kappa shape index (κ2) is 5.16. The number of carbonyl (C=O) groups excluding carboxylic acids is 1. The Morgan fingerprint density at radius 3 is 2.80 bits per heavy atom.